The van der Waals surface area contributed by atoms with E-state index in [1.54, 1.807) is 0 Å². The Bertz CT molecular complexity index is 723. The molecule has 0 unspecified atom stereocenters. The van der Waals surface area contributed by atoms with Gasteiger partial charge in [0.05, 0.1) is 0 Å². The van der Waals surface area contributed by atoms with Crippen molar-refractivity contribution in [3.8, 4) is 5.75 Å². The van der Waals surface area contributed by atoms with Crippen molar-refractivity contribution in [2.45, 2.75) is 39.8 Å². The minimum Gasteiger partial charge on any atom is -0.481 e. The molecule has 23 heavy (non-hydrogen) atoms. The van der Waals surface area contributed by atoms with Gasteiger partial charge >= 0.3 is 0 Å². The molecule has 2 aromatic carbocycles. The molecule has 3 rings (SSSR count). The molecule has 1 atom stereocenters. The highest BCUT2D eigenvalue weighted by molar-refractivity contribution is 5.81. The summed E-state index contributed by atoms with van der Waals surface area (Å²) in [6.07, 6.45) is 0.445. The van der Waals surface area contributed by atoms with Gasteiger partial charge in [-0.15, -0.1) is 0 Å². The molecule has 0 saturated heterocycles. The fourth-order valence-electron chi connectivity index (χ4n) is 2.98. The Kier molecular flexibility index (Phi) is 4.37. The summed E-state index contributed by atoms with van der Waals surface area (Å²) in [6.45, 7) is 7.39. The Balaban J connectivity index is 1.67. The van der Waals surface area contributed by atoms with E-state index in [2.05, 4.69) is 32.0 Å². The lowest BCUT2D eigenvalue weighted by Gasteiger charge is -2.31. The topological polar surface area (TPSA) is 29.5 Å². The molecule has 3 nitrogen and oxygen atoms in total. The van der Waals surface area contributed by atoms with E-state index in [-0.39, 0.29) is 5.91 Å². The lowest BCUT2D eigenvalue weighted by atomic mass is 9.99. The number of carbonyl (C=O) groups is 1. The highest BCUT2D eigenvalue weighted by atomic mass is 16.5. The van der Waals surface area contributed by atoms with E-state index in [9.17, 15) is 4.79 Å². The number of nitrogens with zero attached hydrogens (tertiary/aromatic N) is 1. The molecule has 0 aliphatic carbocycles. The standard InChI is InChI=1S/C20H23NO2/c1-14-8-9-19(12-15(14)2)23-16(3)20(22)21-11-10-17-6-4-5-7-18(17)13-21/h4-9,12,16H,10-11,13H2,1-3H3/t16-/m0/s1. The van der Waals surface area contributed by atoms with Gasteiger partial charge in [0.2, 0.25) is 0 Å². The number of fused-ring (bicyclic) bond motifs is 1. The SMILES string of the molecule is Cc1ccc(O[C@@H](C)C(=O)N2CCc3ccccc3C2)cc1C. The molecule has 3 heteroatoms. The quantitative estimate of drug-likeness (QED) is 0.866. The molecule has 1 aliphatic rings. The third-order valence-corrected chi connectivity index (χ3v) is 4.58. The summed E-state index contributed by atoms with van der Waals surface area (Å²) in [5.41, 5.74) is 4.99. The number of amides is 1. The summed E-state index contributed by atoms with van der Waals surface area (Å²) in [4.78, 5) is 14.6. The average molecular weight is 309 g/mol. The molecule has 0 spiro atoms. The fraction of sp³-hybridized carbons (Fsp3) is 0.350. The maximum Gasteiger partial charge on any atom is 0.263 e. The number of rotatable bonds is 3. The molecular formula is C20H23NO2. The molecule has 0 fully saturated rings. The van der Waals surface area contributed by atoms with E-state index in [0.29, 0.717) is 6.54 Å². The van der Waals surface area contributed by atoms with E-state index < -0.39 is 6.10 Å². The number of aryl methyl sites for hydroxylation is 2. The predicted molar refractivity (Wildman–Crippen MR) is 91.6 cm³/mol. The molecule has 0 N–H and O–H groups in total. The third-order valence-electron chi connectivity index (χ3n) is 4.58. The van der Waals surface area contributed by atoms with Gasteiger partial charge in [0.1, 0.15) is 5.75 Å². The van der Waals surface area contributed by atoms with Crippen LogP contribution < -0.4 is 4.74 Å². The van der Waals surface area contributed by atoms with Crippen molar-refractivity contribution in [3.05, 3.63) is 64.7 Å². The molecule has 1 amide bonds. The van der Waals surface area contributed by atoms with Crippen LogP contribution >= 0.6 is 0 Å². The number of benzene rings is 2. The smallest absolute Gasteiger partial charge is 0.263 e. The molecule has 1 heterocycles. The van der Waals surface area contributed by atoms with Gasteiger partial charge in [-0.25, -0.2) is 0 Å². The van der Waals surface area contributed by atoms with Crippen LogP contribution in [0, 0.1) is 13.8 Å². The number of hydrogen-bond acceptors (Lipinski definition) is 2. The van der Waals surface area contributed by atoms with E-state index in [0.717, 1.165) is 18.7 Å². The highest BCUT2D eigenvalue weighted by Crippen LogP contribution is 2.21. The van der Waals surface area contributed by atoms with Crippen molar-refractivity contribution in [3.63, 3.8) is 0 Å². The van der Waals surface area contributed by atoms with E-state index in [4.69, 9.17) is 4.74 Å². The van der Waals surface area contributed by atoms with Crippen molar-refractivity contribution in [1.82, 2.24) is 4.90 Å². The zero-order valence-corrected chi connectivity index (χ0v) is 14.0. The van der Waals surface area contributed by atoms with Crippen LogP contribution in [-0.4, -0.2) is 23.5 Å². The molecule has 1 aliphatic heterocycles. The van der Waals surface area contributed by atoms with Gasteiger partial charge in [-0.3, -0.25) is 4.79 Å². The van der Waals surface area contributed by atoms with E-state index in [1.165, 1.54) is 22.3 Å². The summed E-state index contributed by atoms with van der Waals surface area (Å²) >= 11 is 0. The van der Waals surface area contributed by atoms with Gasteiger partial charge in [0.25, 0.3) is 5.91 Å². The van der Waals surface area contributed by atoms with Crippen LogP contribution in [0.4, 0.5) is 0 Å². The van der Waals surface area contributed by atoms with Gasteiger partial charge in [-0.2, -0.15) is 0 Å². The second kappa shape index (κ2) is 6.45. The Morgan fingerprint density at radius 1 is 1.09 bits per heavy atom. The first-order chi connectivity index (χ1) is 11.0. The summed E-state index contributed by atoms with van der Waals surface area (Å²) < 4.78 is 5.86. The van der Waals surface area contributed by atoms with Crippen LogP contribution in [-0.2, 0) is 17.8 Å². The summed E-state index contributed by atoms with van der Waals surface area (Å²) in [5, 5.41) is 0. The normalized spacial score (nSPS) is 15.0. The fourth-order valence-corrected chi connectivity index (χ4v) is 2.98. The Labute approximate surface area is 137 Å². The van der Waals surface area contributed by atoms with Gasteiger partial charge in [-0.1, -0.05) is 30.3 Å². The Morgan fingerprint density at radius 2 is 1.83 bits per heavy atom. The van der Waals surface area contributed by atoms with Crippen LogP contribution in [0.2, 0.25) is 0 Å². The van der Waals surface area contributed by atoms with Crippen molar-refractivity contribution in [1.29, 1.82) is 0 Å². The van der Waals surface area contributed by atoms with Crippen molar-refractivity contribution in [2.75, 3.05) is 6.54 Å². The van der Waals surface area contributed by atoms with Crippen LogP contribution in [0.3, 0.4) is 0 Å². The predicted octanol–water partition coefficient (Wildman–Crippen LogP) is 3.66. The molecule has 0 bridgehead atoms. The molecule has 120 valence electrons. The lowest BCUT2D eigenvalue weighted by molar-refractivity contribution is -0.138. The minimum atomic E-state index is -0.470. The molecular weight excluding hydrogens is 286 g/mol. The van der Waals surface area contributed by atoms with Crippen LogP contribution in [0.1, 0.15) is 29.2 Å². The van der Waals surface area contributed by atoms with E-state index in [1.807, 2.05) is 36.1 Å². The molecule has 0 aromatic heterocycles. The first kappa shape index (κ1) is 15.6. The zero-order chi connectivity index (χ0) is 16.4. The maximum absolute atomic E-state index is 12.7. The summed E-state index contributed by atoms with van der Waals surface area (Å²) in [5.74, 6) is 0.809. The third kappa shape index (κ3) is 3.39. The van der Waals surface area contributed by atoms with Crippen LogP contribution in [0.15, 0.2) is 42.5 Å². The second-order valence-electron chi connectivity index (χ2n) is 6.28. The molecule has 0 radical (unpaired) electrons. The minimum absolute atomic E-state index is 0.0535. The lowest BCUT2D eigenvalue weighted by Crippen LogP contribution is -2.43. The maximum atomic E-state index is 12.7. The van der Waals surface area contributed by atoms with Gasteiger partial charge in [0.15, 0.2) is 6.10 Å². The Morgan fingerprint density at radius 3 is 2.57 bits per heavy atom. The van der Waals surface area contributed by atoms with Crippen LogP contribution in [0.25, 0.3) is 0 Å². The second-order valence-corrected chi connectivity index (χ2v) is 6.28. The van der Waals surface area contributed by atoms with Gasteiger partial charge in [-0.05, 0) is 61.6 Å². The Hall–Kier alpha value is -2.29. The summed E-state index contributed by atoms with van der Waals surface area (Å²) in [7, 11) is 0. The summed E-state index contributed by atoms with van der Waals surface area (Å²) in [6, 6.07) is 14.3. The highest BCUT2D eigenvalue weighted by Gasteiger charge is 2.25. The first-order valence-electron chi connectivity index (χ1n) is 8.14. The van der Waals surface area contributed by atoms with Crippen LogP contribution in [0.5, 0.6) is 5.75 Å². The van der Waals surface area contributed by atoms with Crippen molar-refractivity contribution >= 4 is 5.91 Å². The van der Waals surface area contributed by atoms with E-state index >= 15 is 0 Å². The largest absolute Gasteiger partial charge is 0.481 e. The van der Waals surface area contributed by atoms with Crippen molar-refractivity contribution in [2.24, 2.45) is 0 Å². The zero-order valence-electron chi connectivity index (χ0n) is 14.0. The molecule has 2 aromatic rings. The van der Waals surface area contributed by atoms with Gasteiger partial charge < -0.3 is 9.64 Å². The first-order valence-corrected chi connectivity index (χ1v) is 8.14. The number of carbonyl (C=O) groups excluding carboxylic acids is 1. The monoisotopic (exact) mass is 309 g/mol. The van der Waals surface area contributed by atoms with Crippen molar-refractivity contribution < 1.29 is 9.53 Å². The number of hydrogen-bond donors (Lipinski definition) is 0. The molecule has 0 saturated carbocycles. The average Bonchev–Trinajstić information content (AvgIpc) is 2.57. The van der Waals surface area contributed by atoms with Gasteiger partial charge in [0, 0.05) is 13.1 Å². The number of ether oxygens (including phenoxy) is 1.